The average Bonchev–Trinajstić information content (AvgIpc) is 3.17. The highest BCUT2D eigenvalue weighted by Crippen LogP contribution is 2.30. The fourth-order valence-electron chi connectivity index (χ4n) is 8.94. The molecule has 0 radical (unpaired) electrons. The second-order valence-corrected chi connectivity index (χ2v) is 21.4. The van der Waals surface area contributed by atoms with Gasteiger partial charge in [-0.05, 0) is 158 Å². The first kappa shape index (κ1) is 53.4. The molecule has 0 aliphatic rings. The Hall–Kier alpha value is -2.70. The summed E-state index contributed by atoms with van der Waals surface area (Å²) < 4.78 is 0. The molecule has 2 aromatic rings. The molecular weight excluding hydrogens is 721 g/mol. The Bertz CT molecular complexity index is 1500. The molecular formula is C60H96. The SMILES string of the molecule is CC#Cc1cc(CC[C@@H](C)CCCC(C)C)c(/C=C/c2cc(CC[C@@H](C)CCCC(C)C)c(C#CC)cc2CC[C@@H](C)CCCC(C)C)cc1CC[C@@H](C)CCCC(C)C. The van der Waals surface area contributed by atoms with Gasteiger partial charge in [0, 0.05) is 11.1 Å². The van der Waals surface area contributed by atoms with Crippen molar-refractivity contribution in [3.63, 3.8) is 0 Å². The van der Waals surface area contributed by atoms with Gasteiger partial charge in [0.25, 0.3) is 0 Å². The summed E-state index contributed by atoms with van der Waals surface area (Å²) in [7, 11) is 0. The third-order valence-electron chi connectivity index (χ3n) is 13.2. The Morgan fingerprint density at radius 2 is 0.617 bits per heavy atom. The summed E-state index contributed by atoms with van der Waals surface area (Å²) in [5, 5.41) is 0. The lowest BCUT2D eigenvalue weighted by atomic mass is 9.87. The summed E-state index contributed by atoms with van der Waals surface area (Å²) in [6.45, 7) is 32.7. The molecule has 0 bridgehead atoms. The third-order valence-corrected chi connectivity index (χ3v) is 13.2. The van der Waals surface area contributed by atoms with E-state index in [2.05, 4.69) is 143 Å². The van der Waals surface area contributed by atoms with Crippen LogP contribution in [0.25, 0.3) is 12.2 Å². The molecule has 0 amide bonds. The van der Waals surface area contributed by atoms with Gasteiger partial charge < -0.3 is 0 Å². The molecule has 0 nitrogen and oxygen atoms in total. The van der Waals surface area contributed by atoms with Crippen LogP contribution in [0.1, 0.15) is 244 Å². The highest BCUT2D eigenvalue weighted by molar-refractivity contribution is 5.75. The Kier molecular flexibility index (Phi) is 27.0. The molecule has 0 spiro atoms. The molecule has 0 aliphatic carbocycles. The van der Waals surface area contributed by atoms with Crippen LogP contribution in [0, 0.1) is 71.0 Å². The molecule has 0 N–H and O–H groups in total. The van der Waals surface area contributed by atoms with E-state index in [-0.39, 0.29) is 0 Å². The van der Waals surface area contributed by atoms with Crippen LogP contribution in [0.5, 0.6) is 0 Å². The second-order valence-electron chi connectivity index (χ2n) is 21.4. The van der Waals surface area contributed by atoms with E-state index in [1.165, 1.54) is 147 Å². The van der Waals surface area contributed by atoms with Crippen LogP contribution in [0.3, 0.4) is 0 Å². The molecule has 0 saturated heterocycles. The predicted octanol–water partition coefficient (Wildman–Crippen LogP) is 18.2. The van der Waals surface area contributed by atoms with E-state index in [1.807, 2.05) is 13.8 Å². The molecule has 336 valence electrons. The second kappa shape index (κ2) is 30.4. The van der Waals surface area contributed by atoms with E-state index in [0.29, 0.717) is 0 Å². The molecule has 0 heterocycles. The number of benzene rings is 2. The molecule has 2 rings (SSSR count). The lowest BCUT2D eigenvalue weighted by Gasteiger charge is -2.18. The lowest BCUT2D eigenvalue weighted by molar-refractivity contribution is 0.436. The Morgan fingerprint density at radius 1 is 0.350 bits per heavy atom. The van der Waals surface area contributed by atoms with E-state index >= 15 is 0 Å². The molecule has 0 aliphatic heterocycles. The number of hydrogen-bond acceptors (Lipinski definition) is 0. The topological polar surface area (TPSA) is 0 Å². The van der Waals surface area contributed by atoms with Crippen molar-refractivity contribution in [2.24, 2.45) is 47.3 Å². The van der Waals surface area contributed by atoms with Crippen LogP contribution in [0.2, 0.25) is 0 Å². The summed E-state index contributed by atoms with van der Waals surface area (Å²) in [6, 6.07) is 10.1. The zero-order chi connectivity index (χ0) is 44.5. The fourth-order valence-corrected chi connectivity index (χ4v) is 8.94. The normalized spacial score (nSPS) is 13.8. The van der Waals surface area contributed by atoms with Crippen LogP contribution in [-0.2, 0) is 25.7 Å². The molecule has 2 aromatic carbocycles. The number of hydrogen-bond donors (Lipinski definition) is 0. The quantitative estimate of drug-likeness (QED) is 0.0544. The summed E-state index contributed by atoms with van der Waals surface area (Å²) in [4.78, 5) is 0. The maximum absolute atomic E-state index is 3.57. The van der Waals surface area contributed by atoms with Crippen LogP contribution in [0.15, 0.2) is 24.3 Å². The van der Waals surface area contributed by atoms with Crippen LogP contribution in [0.4, 0.5) is 0 Å². The van der Waals surface area contributed by atoms with Crippen molar-refractivity contribution in [1.29, 1.82) is 0 Å². The maximum atomic E-state index is 3.57. The standard InChI is InChI=1S/C60H96/c1-15-21-53-41-57(37-33-51(13)29-19-25-47(7)8)59(43-55(53)35-31-49(11)27-17-23-45(3)4)39-40-60-44-56(36-32-50(12)28-18-24-46(5)6)54(22-16-2)42-58(60)38-34-52(14)30-20-26-48(9)10/h39-52H,17-20,23-38H2,1-14H3/b40-39+/t49-,50-,51-,52-/m0/s1. The highest BCUT2D eigenvalue weighted by atomic mass is 14.2. The maximum Gasteiger partial charge on any atom is 0.0280 e. The average molecular weight is 817 g/mol. The van der Waals surface area contributed by atoms with Gasteiger partial charge in [0.2, 0.25) is 0 Å². The molecule has 0 fully saturated rings. The van der Waals surface area contributed by atoms with Gasteiger partial charge >= 0.3 is 0 Å². The summed E-state index contributed by atoms with van der Waals surface area (Å²) in [5.41, 5.74) is 11.1. The zero-order valence-electron chi connectivity index (χ0n) is 42.2. The van der Waals surface area contributed by atoms with Crippen molar-refractivity contribution in [2.75, 3.05) is 0 Å². The first-order chi connectivity index (χ1) is 28.6. The fraction of sp³-hybridized carbons (Fsp3) is 0.700. The molecule has 0 unspecified atom stereocenters. The predicted molar refractivity (Wildman–Crippen MR) is 272 cm³/mol. The molecule has 0 saturated carbocycles. The highest BCUT2D eigenvalue weighted by Gasteiger charge is 2.15. The minimum absolute atomic E-state index is 0.726. The van der Waals surface area contributed by atoms with E-state index in [0.717, 1.165) is 73.0 Å². The largest absolute Gasteiger partial charge is 0.101 e. The van der Waals surface area contributed by atoms with Gasteiger partial charge in [0.15, 0.2) is 0 Å². The van der Waals surface area contributed by atoms with E-state index < -0.39 is 0 Å². The molecule has 0 heteroatoms. The number of rotatable bonds is 30. The van der Waals surface area contributed by atoms with Gasteiger partial charge in [0.05, 0.1) is 0 Å². The molecule has 60 heavy (non-hydrogen) atoms. The monoisotopic (exact) mass is 817 g/mol. The van der Waals surface area contributed by atoms with Crippen LogP contribution >= 0.6 is 0 Å². The van der Waals surface area contributed by atoms with Crippen molar-refractivity contribution >= 4 is 12.2 Å². The minimum atomic E-state index is 0.726. The van der Waals surface area contributed by atoms with E-state index in [1.54, 1.807) is 0 Å². The Labute approximate surface area is 375 Å². The lowest BCUT2D eigenvalue weighted by Crippen LogP contribution is -2.05. The van der Waals surface area contributed by atoms with Crippen LogP contribution < -0.4 is 0 Å². The van der Waals surface area contributed by atoms with Crippen molar-refractivity contribution in [3.8, 4) is 23.7 Å². The van der Waals surface area contributed by atoms with Gasteiger partial charge in [-0.15, -0.1) is 11.8 Å². The summed E-state index contributed by atoms with van der Waals surface area (Å²) in [5.74, 6) is 19.8. The van der Waals surface area contributed by atoms with Gasteiger partial charge in [-0.3, -0.25) is 0 Å². The first-order valence-corrected chi connectivity index (χ1v) is 25.5. The van der Waals surface area contributed by atoms with Crippen molar-refractivity contribution in [1.82, 2.24) is 0 Å². The van der Waals surface area contributed by atoms with E-state index in [4.69, 9.17) is 0 Å². The van der Waals surface area contributed by atoms with Crippen molar-refractivity contribution in [2.45, 2.75) is 225 Å². The van der Waals surface area contributed by atoms with Gasteiger partial charge in [-0.1, -0.05) is 196 Å². The Morgan fingerprint density at radius 3 is 0.867 bits per heavy atom. The summed E-state index contributed by atoms with van der Waals surface area (Å²) >= 11 is 0. The molecule has 4 atom stereocenters. The summed E-state index contributed by atoms with van der Waals surface area (Å²) in [6.07, 6.45) is 30.3. The Balaban J connectivity index is 2.62. The van der Waals surface area contributed by atoms with Crippen molar-refractivity contribution in [3.05, 3.63) is 68.8 Å². The first-order valence-electron chi connectivity index (χ1n) is 25.5. The smallest absolute Gasteiger partial charge is 0.0280 e. The minimum Gasteiger partial charge on any atom is -0.101 e. The van der Waals surface area contributed by atoms with E-state index in [9.17, 15) is 0 Å². The van der Waals surface area contributed by atoms with Crippen molar-refractivity contribution < 1.29 is 0 Å². The number of aryl methyl sites for hydroxylation is 4. The van der Waals surface area contributed by atoms with Gasteiger partial charge in [-0.2, -0.15) is 0 Å². The van der Waals surface area contributed by atoms with Gasteiger partial charge in [0.1, 0.15) is 0 Å². The van der Waals surface area contributed by atoms with Crippen LogP contribution in [-0.4, -0.2) is 0 Å². The van der Waals surface area contributed by atoms with Gasteiger partial charge in [-0.25, -0.2) is 0 Å². The molecule has 0 aromatic heterocycles. The zero-order valence-corrected chi connectivity index (χ0v) is 42.2. The third kappa shape index (κ3) is 22.9.